The molecule has 16 heavy (non-hydrogen) atoms. The molecule has 0 radical (unpaired) electrons. The molecule has 1 aromatic rings. The van der Waals surface area contributed by atoms with Crippen LogP contribution in [0, 0.1) is 18.6 Å². The quantitative estimate of drug-likeness (QED) is 0.830. The van der Waals surface area contributed by atoms with Gasteiger partial charge in [-0.15, -0.1) is 0 Å². The van der Waals surface area contributed by atoms with E-state index in [0.29, 0.717) is 0 Å². The molecule has 1 unspecified atom stereocenters. The SMILES string of the molecule is Cc1ccc(F)c(NC(=O)CC(C)N)c1F. The first kappa shape index (κ1) is 12.6. The number of amides is 1. The number of nitrogens with one attached hydrogen (secondary N) is 1. The van der Waals surface area contributed by atoms with Crippen LogP contribution < -0.4 is 11.1 Å². The third-order valence-corrected chi connectivity index (χ3v) is 2.06. The fraction of sp³-hybridized carbons (Fsp3) is 0.364. The number of halogens is 2. The van der Waals surface area contributed by atoms with Gasteiger partial charge in [0.15, 0.2) is 5.82 Å². The Bertz CT molecular complexity index is 405. The van der Waals surface area contributed by atoms with Crippen molar-refractivity contribution in [3.8, 4) is 0 Å². The summed E-state index contributed by atoms with van der Waals surface area (Å²) in [6, 6.07) is 2.07. The lowest BCUT2D eigenvalue weighted by Crippen LogP contribution is -2.24. The van der Waals surface area contributed by atoms with Gasteiger partial charge in [0.05, 0.1) is 0 Å². The Kier molecular flexibility index (Phi) is 3.95. The maximum absolute atomic E-state index is 13.5. The van der Waals surface area contributed by atoms with Crippen molar-refractivity contribution < 1.29 is 13.6 Å². The number of benzene rings is 1. The summed E-state index contributed by atoms with van der Waals surface area (Å²) in [6.07, 6.45) is 0.0207. The van der Waals surface area contributed by atoms with Gasteiger partial charge in [0, 0.05) is 12.5 Å². The molecule has 5 heteroatoms. The van der Waals surface area contributed by atoms with E-state index in [0.717, 1.165) is 6.07 Å². The first-order valence-corrected chi connectivity index (χ1v) is 4.92. The Morgan fingerprint density at radius 2 is 2.12 bits per heavy atom. The second-order valence-corrected chi connectivity index (χ2v) is 3.78. The zero-order valence-corrected chi connectivity index (χ0v) is 9.18. The molecule has 0 aliphatic heterocycles. The average Bonchev–Trinajstić information content (AvgIpc) is 2.17. The molecule has 1 amide bonds. The number of anilines is 1. The Hall–Kier alpha value is -1.49. The summed E-state index contributed by atoms with van der Waals surface area (Å²) in [5.74, 6) is -2.04. The number of hydrogen-bond acceptors (Lipinski definition) is 2. The highest BCUT2D eigenvalue weighted by molar-refractivity contribution is 5.91. The van der Waals surface area contributed by atoms with Crippen molar-refractivity contribution in [2.45, 2.75) is 26.3 Å². The molecule has 3 nitrogen and oxygen atoms in total. The van der Waals surface area contributed by atoms with Crippen molar-refractivity contribution in [3.05, 3.63) is 29.3 Å². The van der Waals surface area contributed by atoms with Crippen LogP contribution in [0.2, 0.25) is 0 Å². The van der Waals surface area contributed by atoms with Gasteiger partial charge in [0.2, 0.25) is 5.91 Å². The highest BCUT2D eigenvalue weighted by Gasteiger charge is 2.14. The third-order valence-electron chi connectivity index (χ3n) is 2.06. The Labute approximate surface area is 92.6 Å². The van der Waals surface area contributed by atoms with E-state index in [1.54, 1.807) is 6.92 Å². The molecule has 0 aliphatic carbocycles. The summed E-state index contributed by atoms with van der Waals surface area (Å²) < 4.78 is 26.7. The Morgan fingerprint density at radius 3 is 2.69 bits per heavy atom. The van der Waals surface area contributed by atoms with Crippen molar-refractivity contribution in [1.29, 1.82) is 0 Å². The van der Waals surface area contributed by atoms with Crippen molar-refractivity contribution in [2.24, 2.45) is 5.73 Å². The molecule has 0 heterocycles. The topological polar surface area (TPSA) is 55.1 Å². The smallest absolute Gasteiger partial charge is 0.226 e. The van der Waals surface area contributed by atoms with Crippen LogP contribution in [-0.2, 0) is 4.79 Å². The van der Waals surface area contributed by atoms with Crippen molar-refractivity contribution in [1.82, 2.24) is 0 Å². The zero-order chi connectivity index (χ0) is 12.3. The number of nitrogens with two attached hydrogens (primary N) is 1. The van der Waals surface area contributed by atoms with E-state index in [2.05, 4.69) is 5.32 Å². The highest BCUT2D eigenvalue weighted by Crippen LogP contribution is 2.21. The summed E-state index contributed by atoms with van der Waals surface area (Å²) >= 11 is 0. The van der Waals surface area contributed by atoms with Gasteiger partial charge in [-0.05, 0) is 25.5 Å². The van der Waals surface area contributed by atoms with Gasteiger partial charge in [-0.25, -0.2) is 8.78 Å². The predicted molar refractivity (Wildman–Crippen MR) is 58.0 cm³/mol. The van der Waals surface area contributed by atoms with Gasteiger partial charge < -0.3 is 11.1 Å². The van der Waals surface area contributed by atoms with Crippen LogP contribution in [0.3, 0.4) is 0 Å². The lowest BCUT2D eigenvalue weighted by Gasteiger charge is -2.10. The molecular weight excluding hydrogens is 214 g/mol. The van der Waals surface area contributed by atoms with E-state index < -0.39 is 23.2 Å². The molecule has 0 saturated heterocycles. The van der Waals surface area contributed by atoms with E-state index in [9.17, 15) is 13.6 Å². The molecule has 0 aromatic heterocycles. The van der Waals surface area contributed by atoms with Gasteiger partial charge in [0.25, 0.3) is 0 Å². The minimum absolute atomic E-state index is 0.0207. The monoisotopic (exact) mass is 228 g/mol. The van der Waals surface area contributed by atoms with Crippen LogP contribution in [0.4, 0.5) is 14.5 Å². The summed E-state index contributed by atoms with van der Waals surface area (Å²) in [5, 5.41) is 2.18. The summed E-state index contributed by atoms with van der Waals surface area (Å²) in [4.78, 5) is 11.3. The Balaban J connectivity index is 2.88. The lowest BCUT2D eigenvalue weighted by atomic mass is 10.2. The fourth-order valence-electron chi connectivity index (χ4n) is 1.25. The molecule has 88 valence electrons. The number of carbonyl (C=O) groups is 1. The van der Waals surface area contributed by atoms with Crippen LogP contribution >= 0.6 is 0 Å². The number of aryl methyl sites for hydroxylation is 1. The maximum Gasteiger partial charge on any atom is 0.226 e. The number of carbonyl (C=O) groups excluding carboxylic acids is 1. The second-order valence-electron chi connectivity index (χ2n) is 3.78. The van der Waals surface area contributed by atoms with E-state index in [1.807, 2.05) is 0 Å². The average molecular weight is 228 g/mol. The van der Waals surface area contributed by atoms with Crippen molar-refractivity contribution >= 4 is 11.6 Å². The van der Waals surface area contributed by atoms with Crippen LogP contribution in [0.25, 0.3) is 0 Å². The molecule has 0 fully saturated rings. The molecule has 0 aliphatic rings. The number of hydrogen-bond donors (Lipinski definition) is 2. The van der Waals surface area contributed by atoms with E-state index in [-0.39, 0.29) is 18.0 Å². The zero-order valence-electron chi connectivity index (χ0n) is 9.18. The van der Waals surface area contributed by atoms with E-state index in [1.165, 1.54) is 13.0 Å². The van der Waals surface area contributed by atoms with Gasteiger partial charge in [-0.1, -0.05) is 6.07 Å². The minimum atomic E-state index is -0.791. The molecular formula is C11H14F2N2O. The predicted octanol–water partition coefficient (Wildman–Crippen LogP) is 1.95. The largest absolute Gasteiger partial charge is 0.327 e. The lowest BCUT2D eigenvalue weighted by molar-refractivity contribution is -0.116. The van der Waals surface area contributed by atoms with Gasteiger partial charge in [-0.3, -0.25) is 4.79 Å². The Morgan fingerprint density at radius 1 is 1.50 bits per heavy atom. The summed E-state index contributed by atoms with van der Waals surface area (Å²) in [5.41, 5.74) is 5.27. The standard InChI is InChI=1S/C11H14F2N2O/c1-6-3-4-8(12)11(10(6)13)15-9(16)5-7(2)14/h3-4,7H,5,14H2,1-2H3,(H,15,16). The second kappa shape index (κ2) is 5.03. The van der Waals surface area contributed by atoms with Crippen molar-refractivity contribution in [2.75, 3.05) is 5.32 Å². The summed E-state index contributed by atoms with van der Waals surface area (Å²) in [7, 11) is 0. The van der Waals surface area contributed by atoms with E-state index in [4.69, 9.17) is 5.73 Å². The molecule has 1 aromatic carbocycles. The molecule has 1 rings (SSSR count). The fourth-order valence-corrected chi connectivity index (χ4v) is 1.25. The molecule has 0 spiro atoms. The minimum Gasteiger partial charge on any atom is -0.327 e. The van der Waals surface area contributed by atoms with Crippen LogP contribution in [0.15, 0.2) is 12.1 Å². The highest BCUT2D eigenvalue weighted by atomic mass is 19.1. The first-order chi connectivity index (χ1) is 7.41. The molecule has 0 saturated carbocycles. The van der Waals surface area contributed by atoms with Crippen molar-refractivity contribution in [3.63, 3.8) is 0 Å². The van der Waals surface area contributed by atoms with E-state index >= 15 is 0 Å². The normalized spacial score (nSPS) is 12.3. The maximum atomic E-state index is 13.5. The van der Waals surface area contributed by atoms with Gasteiger partial charge >= 0.3 is 0 Å². The first-order valence-electron chi connectivity index (χ1n) is 4.92. The molecule has 1 atom stereocenters. The molecule has 0 bridgehead atoms. The van der Waals surface area contributed by atoms with Crippen LogP contribution in [0.5, 0.6) is 0 Å². The molecule has 3 N–H and O–H groups in total. The number of rotatable bonds is 3. The van der Waals surface area contributed by atoms with Crippen LogP contribution in [-0.4, -0.2) is 11.9 Å². The third kappa shape index (κ3) is 3.00. The summed E-state index contributed by atoms with van der Waals surface area (Å²) in [6.45, 7) is 3.14. The van der Waals surface area contributed by atoms with Crippen LogP contribution in [0.1, 0.15) is 18.9 Å². The van der Waals surface area contributed by atoms with Gasteiger partial charge in [-0.2, -0.15) is 0 Å². The van der Waals surface area contributed by atoms with Gasteiger partial charge in [0.1, 0.15) is 11.5 Å².